The van der Waals surface area contributed by atoms with Crippen molar-refractivity contribution in [2.24, 2.45) is 0 Å². The highest BCUT2D eigenvalue weighted by atomic mass is 35.5. The van der Waals surface area contributed by atoms with Crippen molar-refractivity contribution in [3.05, 3.63) is 60.2 Å². The molecule has 0 atom stereocenters. The molecule has 4 heteroatoms. The second-order valence-electron chi connectivity index (χ2n) is 5.44. The number of benzene rings is 2. The zero-order valence-corrected chi connectivity index (χ0v) is 13.2. The quantitative estimate of drug-likeness (QED) is 0.912. The van der Waals surface area contributed by atoms with Crippen molar-refractivity contribution in [2.75, 3.05) is 13.1 Å². The van der Waals surface area contributed by atoms with E-state index in [9.17, 15) is 4.79 Å². The van der Waals surface area contributed by atoms with Crippen molar-refractivity contribution >= 4 is 18.3 Å². The Hall–Kier alpha value is -1.84. The number of carbonyl (C=O) groups excluding carboxylic acids is 1. The van der Waals surface area contributed by atoms with Crippen molar-refractivity contribution in [1.29, 1.82) is 0 Å². The molecule has 2 aromatic carbocycles. The molecule has 0 aliphatic carbocycles. The molecule has 0 radical (unpaired) electrons. The van der Waals surface area contributed by atoms with Crippen molar-refractivity contribution in [3.8, 4) is 11.1 Å². The molecular formula is C18H21ClN2O. The van der Waals surface area contributed by atoms with Gasteiger partial charge in [-0.25, -0.2) is 0 Å². The molecule has 0 saturated carbocycles. The smallest absolute Gasteiger partial charge is 0.251 e. The van der Waals surface area contributed by atoms with E-state index in [-0.39, 0.29) is 18.3 Å². The zero-order chi connectivity index (χ0) is 14.5. The maximum Gasteiger partial charge on any atom is 0.251 e. The Morgan fingerprint density at radius 3 is 2.14 bits per heavy atom. The van der Waals surface area contributed by atoms with Crippen LogP contribution in [0.4, 0.5) is 0 Å². The fourth-order valence-electron chi connectivity index (χ4n) is 2.68. The topological polar surface area (TPSA) is 41.1 Å². The first-order valence-electron chi connectivity index (χ1n) is 7.50. The third-order valence-corrected chi connectivity index (χ3v) is 3.93. The number of amides is 1. The summed E-state index contributed by atoms with van der Waals surface area (Å²) in [5.41, 5.74) is 3.03. The molecule has 3 rings (SSSR count). The number of rotatable bonds is 3. The monoisotopic (exact) mass is 316 g/mol. The number of hydrogen-bond acceptors (Lipinski definition) is 2. The van der Waals surface area contributed by atoms with Gasteiger partial charge in [0.05, 0.1) is 0 Å². The Labute approximate surface area is 137 Å². The molecule has 1 fully saturated rings. The van der Waals surface area contributed by atoms with E-state index in [4.69, 9.17) is 0 Å². The molecule has 0 spiro atoms. The number of nitrogens with one attached hydrogen (secondary N) is 2. The number of hydrogen-bond donors (Lipinski definition) is 2. The van der Waals surface area contributed by atoms with Crippen molar-refractivity contribution in [2.45, 2.75) is 18.9 Å². The largest absolute Gasteiger partial charge is 0.349 e. The van der Waals surface area contributed by atoms with E-state index in [1.807, 2.05) is 42.5 Å². The SMILES string of the molecule is Cl.O=C(NC1CCNCC1)c1ccc(-c2ccccc2)cc1. The Balaban J connectivity index is 0.00000176. The van der Waals surface area contributed by atoms with Crippen LogP contribution in [0.15, 0.2) is 54.6 Å². The normalized spacial score (nSPS) is 14.9. The molecule has 1 aliphatic rings. The molecule has 3 nitrogen and oxygen atoms in total. The van der Waals surface area contributed by atoms with Gasteiger partial charge in [0, 0.05) is 11.6 Å². The maximum atomic E-state index is 12.2. The lowest BCUT2D eigenvalue weighted by Gasteiger charge is -2.23. The van der Waals surface area contributed by atoms with Gasteiger partial charge in [-0.15, -0.1) is 12.4 Å². The van der Waals surface area contributed by atoms with E-state index in [1.54, 1.807) is 0 Å². The van der Waals surface area contributed by atoms with Crippen LogP contribution in [0.3, 0.4) is 0 Å². The van der Waals surface area contributed by atoms with Crippen molar-refractivity contribution in [1.82, 2.24) is 10.6 Å². The van der Waals surface area contributed by atoms with Crippen molar-refractivity contribution in [3.63, 3.8) is 0 Å². The molecule has 0 unspecified atom stereocenters. The van der Waals surface area contributed by atoms with Gasteiger partial charge < -0.3 is 10.6 Å². The molecule has 22 heavy (non-hydrogen) atoms. The molecule has 1 heterocycles. The third-order valence-electron chi connectivity index (χ3n) is 3.93. The predicted octanol–water partition coefficient (Wildman–Crippen LogP) is 3.26. The van der Waals surface area contributed by atoms with Crippen LogP contribution in [0.5, 0.6) is 0 Å². The van der Waals surface area contributed by atoms with E-state index in [1.165, 1.54) is 5.56 Å². The minimum atomic E-state index is 0. The fourth-order valence-corrected chi connectivity index (χ4v) is 2.68. The second-order valence-corrected chi connectivity index (χ2v) is 5.44. The van der Waals surface area contributed by atoms with Crippen LogP contribution in [0.1, 0.15) is 23.2 Å². The lowest BCUT2D eigenvalue weighted by atomic mass is 10.0. The van der Waals surface area contributed by atoms with Gasteiger partial charge in [-0.2, -0.15) is 0 Å². The Morgan fingerprint density at radius 2 is 1.50 bits per heavy atom. The molecule has 1 aliphatic heterocycles. The Bertz CT molecular complexity index is 592. The summed E-state index contributed by atoms with van der Waals surface area (Å²) in [6.07, 6.45) is 2.02. The molecular weight excluding hydrogens is 296 g/mol. The van der Waals surface area contributed by atoms with Crippen LogP contribution in [0.25, 0.3) is 11.1 Å². The number of carbonyl (C=O) groups is 1. The Morgan fingerprint density at radius 1 is 0.909 bits per heavy atom. The molecule has 2 N–H and O–H groups in total. The molecule has 0 bridgehead atoms. The average Bonchev–Trinajstić information content (AvgIpc) is 2.57. The van der Waals surface area contributed by atoms with Gasteiger partial charge >= 0.3 is 0 Å². The predicted molar refractivity (Wildman–Crippen MR) is 92.5 cm³/mol. The first-order valence-corrected chi connectivity index (χ1v) is 7.50. The van der Waals surface area contributed by atoms with Crippen LogP contribution < -0.4 is 10.6 Å². The summed E-state index contributed by atoms with van der Waals surface area (Å²) in [4.78, 5) is 12.2. The van der Waals surface area contributed by atoms with E-state index < -0.39 is 0 Å². The van der Waals surface area contributed by atoms with E-state index >= 15 is 0 Å². The summed E-state index contributed by atoms with van der Waals surface area (Å²) in [5, 5.41) is 6.42. The lowest BCUT2D eigenvalue weighted by molar-refractivity contribution is 0.0929. The third kappa shape index (κ3) is 4.09. The van der Waals surface area contributed by atoms with Crippen LogP contribution in [0.2, 0.25) is 0 Å². The summed E-state index contributed by atoms with van der Waals surface area (Å²) < 4.78 is 0. The van der Waals surface area contributed by atoms with Gasteiger partial charge in [-0.05, 0) is 49.2 Å². The average molecular weight is 317 g/mol. The zero-order valence-electron chi connectivity index (χ0n) is 12.4. The maximum absolute atomic E-state index is 12.2. The van der Waals surface area contributed by atoms with Crippen LogP contribution in [0, 0.1) is 0 Å². The summed E-state index contributed by atoms with van der Waals surface area (Å²) in [6, 6.07) is 18.3. The summed E-state index contributed by atoms with van der Waals surface area (Å²) in [7, 11) is 0. The standard InChI is InChI=1S/C18H20N2O.ClH/c21-18(20-17-10-12-19-13-11-17)16-8-6-15(7-9-16)14-4-2-1-3-5-14;/h1-9,17,19H,10-13H2,(H,20,21);1H. The van der Waals surface area contributed by atoms with Gasteiger partial charge in [0.25, 0.3) is 5.91 Å². The van der Waals surface area contributed by atoms with Gasteiger partial charge in [0.1, 0.15) is 0 Å². The van der Waals surface area contributed by atoms with Crippen LogP contribution in [-0.2, 0) is 0 Å². The highest BCUT2D eigenvalue weighted by Crippen LogP contribution is 2.19. The van der Waals surface area contributed by atoms with Gasteiger partial charge in [0.2, 0.25) is 0 Å². The van der Waals surface area contributed by atoms with Crippen LogP contribution >= 0.6 is 12.4 Å². The highest BCUT2D eigenvalue weighted by molar-refractivity contribution is 5.94. The highest BCUT2D eigenvalue weighted by Gasteiger charge is 2.16. The summed E-state index contributed by atoms with van der Waals surface area (Å²) in [6.45, 7) is 1.97. The number of halogens is 1. The van der Waals surface area contributed by atoms with Gasteiger partial charge in [-0.3, -0.25) is 4.79 Å². The molecule has 1 amide bonds. The molecule has 1 saturated heterocycles. The van der Waals surface area contributed by atoms with E-state index in [2.05, 4.69) is 22.8 Å². The molecule has 2 aromatic rings. The molecule has 0 aromatic heterocycles. The van der Waals surface area contributed by atoms with Crippen LogP contribution in [-0.4, -0.2) is 25.0 Å². The lowest BCUT2D eigenvalue weighted by Crippen LogP contribution is -2.42. The number of piperidine rings is 1. The minimum Gasteiger partial charge on any atom is -0.349 e. The second kappa shape index (κ2) is 7.97. The summed E-state index contributed by atoms with van der Waals surface area (Å²) in [5.74, 6) is 0.0292. The summed E-state index contributed by atoms with van der Waals surface area (Å²) >= 11 is 0. The van der Waals surface area contributed by atoms with E-state index in [0.29, 0.717) is 6.04 Å². The Kier molecular flexibility index (Phi) is 5.99. The first kappa shape index (κ1) is 16.5. The minimum absolute atomic E-state index is 0. The van der Waals surface area contributed by atoms with Gasteiger partial charge in [0.15, 0.2) is 0 Å². The first-order chi connectivity index (χ1) is 10.3. The van der Waals surface area contributed by atoms with E-state index in [0.717, 1.165) is 37.1 Å². The fraction of sp³-hybridized carbons (Fsp3) is 0.278. The van der Waals surface area contributed by atoms with Crippen molar-refractivity contribution < 1.29 is 4.79 Å². The van der Waals surface area contributed by atoms with Gasteiger partial charge in [-0.1, -0.05) is 42.5 Å². The molecule has 116 valence electrons.